The summed E-state index contributed by atoms with van der Waals surface area (Å²) in [5.41, 5.74) is -0.539. The fraction of sp³-hybridized carbons (Fsp3) is 0.636. The van der Waals surface area contributed by atoms with E-state index in [1.807, 2.05) is 0 Å². The second-order valence-electron chi connectivity index (χ2n) is 4.51. The molecular weight excluding hydrogens is 194 g/mol. The molecule has 0 rings (SSSR count). The largest absolute Gasteiger partial charge is 0.460 e. The normalized spacial score (nSPS) is 11.5. The Morgan fingerprint density at radius 1 is 1.27 bits per heavy atom. The molecule has 0 aromatic carbocycles. The molecule has 0 spiro atoms. The van der Waals surface area contributed by atoms with Gasteiger partial charge in [0.25, 0.3) is 0 Å². The van der Waals surface area contributed by atoms with E-state index in [0.29, 0.717) is 0 Å². The molecule has 0 aliphatic rings. The first-order valence-corrected chi connectivity index (χ1v) is 4.80. The Morgan fingerprint density at radius 2 is 1.80 bits per heavy atom. The van der Waals surface area contributed by atoms with Gasteiger partial charge in [-0.25, -0.2) is 0 Å². The van der Waals surface area contributed by atoms with Crippen molar-refractivity contribution in [2.24, 2.45) is 0 Å². The highest BCUT2D eigenvalue weighted by Gasteiger charge is 2.17. The third-order valence-corrected chi connectivity index (χ3v) is 1.30. The van der Waals surface area contributed by atoms with Crippen molar-refractivity contribution in [3.05, 3.63) is 12.3 Å². The average Bonchev–Trinajstić information content (AvgIpc) is 1.96. The van der Waals surface area contributed by atoms with Gasteiger partial charge in [0.15, 0.2) is 5.78 Å². The molecule has 0 aromatic heterocycles. The number of carbonyl (C=O) groups excluding carboxylic acids is 2. The molecule has 0 N–H and O–H groups in total. The van der Waals surface area contributed by atoms with Crippen LogP contribution in [0.5, 0.6) is 0 Å². The molecular formula is C11H19NO3. The lowest BCUT2D eigenvalue weighted by atomic mass is 10.2. The third-order valence-electron chi connectivity index (χ3n) is 1.30. The maximum absolute atomic E-state index is 11.2. The lowest BCUT2D eigenvalue weighted by Crippen LogP contribution is -2.25. The smallest absolute Gasteiger partial charge is 0.314 e. The van der Waals surface area contributed by atoms with Crippen molar-refractivity contribution in [3.8, 4) is 0 Å². The Hall–Kier alpha value is -1.32. The van der Waals surface area contributed by atoms with E-state index in [0.717, 1.165) is 0 Å². The standard InChI is InChI=1S/C11H19NO3/c1-11(2,3)15-10(14)8-9(13)6-7-12(4)5/h6-7H,8H2,1-5H3. The number of ketones is 1. The molecule has 0 radical (unpaired) electrons. The van der Waals surface area contributed by atoms with Crippen molar-refractivity contribution >= 4 is 11.8 Å². The number of esters is 1. The Bertz CT molecular complexity index is 261. The maximum Gasteiger partial charge on any atom is 0.314 e. The zero-order valence-corrected chi connectivity index (χ0v) is 10.0. The third kappa shape index (κ3) is 9.00. The zero-order valence-electron chi connectivity index (χ0n) is 10.0. The van der Waals surface area contributed by atoms with Crippen LogP contribution in [0.4, 0.5) is 0 Å². The van der Waals surface area contributed by atoms with Gasteiger partial charge in [-0.2, -0.15) is 0 Å². The predicted molar refractivity (Wildman–Crippen MR) is 58.3 cm³/mol. The van der Waals surface area contributed by atoms with Gasteiger partial charge in [-0.05, 0) is 26.8 Å². The molecule has 0 heterocycles. The van der Waals surface area contributed by atoms with Gasteiger partial charge in [0, 0.05) is 20.3 Å². The number of hydrogen-bond donors (Lipinski definition) is 0. The fourth-order valence-electron chi connectivity index (χ4n) is 0.811. The monoisotopic (exact) mass is 213 g/mol. The lowest BCUT2D eigenvalue weighted by molar-refractivity contribution is -0.155. The van der Waals surface area contributed by atoms with Crippen molar-refractivity contribution in [1.29, 1.82) is 0 Å². The van der Waals surface area contributed by atoms with Crippen LogP contribution in [0.15, 0.2) is 12.3 Å². The molecule has 4 nitrogen and oxygen atoms in total. The van der Waals surface area contributed by atoms with Crippen LogP contribution in [0, 0.1) is 0 Å². The molecule has 4 heteroatoms. The summed E-state index contributed by atoms with van der Waals surface area (Å²) in [5, 5.41) is 0. The minimum Gasteiger partial charge on any atom is -0.460 e. The highest BCUT2D eigenvalue weighted by Crippen LogP contribution is 2.08. The van der Waals surface area contributed by atoms with E-state index in [-0.39, 0.29) is 12.2 Å². The molecule has 0 aliphatic carbocycles. The van der Waals surface area contributed by atoms with E-state index in [2.05, 4.69) is 0 Å². The van der Waals surface area contributed by atoms with Crippen molar-refractivity contribution in [3.63, 3.8) is 0 Å². The molecule has 0 fully saturated rings. The summed E-state index contributed by atoms with van der Waals surface area (Å²) in [6.07, 6.45) is 2.76. The van der Waals surface area contributed by atoms with Gasteiger partial charge in [-0.15, -0.1) is 0 Å². The summed E-state index contributed by atoms with van der Waals surface area (Å²) < 4.78 is 5.01. The lowest BCUT2D eigenvalue weighted by Gasteiger charge is -2.18. The van der Waals surface area contributed by atoms with Crippen molar-refractivity contribution in [2.45, 2.75) is 32.8 Å². The van der Waals surface area contributed by atoms with Gasteiger partial charge in [-0.1, -0.05) is 0 Å². The SMILES string of the molecule is CN(C)C=CC(=O)CC(=O)OC(C)(C)C. The molecule has 0 atom stereocenters. The van der Waals surface area contributed by atoms with Crippen LogP contribution < -0.4 is 0 Å². The minimum absolute atomic E-state index is 0.207. The average molecular weight is 213 g/mol. The first kappa shape index (κ1) is 13.7. The van der Waals surface area contributed by atoms with Gasteiger partial charge >= 0.3 is 5.97 Å². The molecule has 0 saturated heterocycles. The first-order chi connectivity index (χ1) is 6.70. The van der Waals surface area contributed by atoms with Crippen LogP contribution in [-0.2, 0) is 14.3 Å². The Morgan fingerprint density at radius 3 is 2.20 bits per heavy atom. The van der Waals surface area contributed by atoms with E-state index in [1.165, 1.54) is 6.08 Å². The molecule has 0 aromatic rings. The van der Waals surface area contributed by atoms with Crippen LogP contribution in [0.2, 0.25) is 0 Å². The molecule has 0 amide bonds. The predicted octanol–water partition coefficient (Wildman–Crippen LogP) is 1.36. The molecule has 0 saturated carbocycles. The van der Waals surface area contributed by atoms with Crippen LogP contribution in [0.25, 0.3) is 0 Å². The highest BCUT2D eigenvalue weighted by atomic mass is 16.6. The number of nitrogens with zero attached hydrogens (tertiary/aromatic N) is 1. The van der Waals surface area contributed by atoms with Gasteiger partial charge in [0.1, 0.15) is 12.0 Å². The summed E-state index contributed by atoms with van der Waals surface area (Å²) in [5.74, 6) is -0.742. The number of ether oxygens (including phenoxy) is 1. The Balaban J connectivity index is 4.03. The van der Waals surface area contributed by atoms with Crippen molar-refractivity contribution in [2.75, 3.05) is 14.1 Å². The van der Waals surface area contributed by atoms with Crippen LogP contribution in [0.1, 0.15) is 27.2 Å². The summed E-state index contributed by atoms with van der Waals surface area (Å²) in [7, 11) is 3.61. The van der Waals surface area contributed by atoms with Crippen LogP contribution >= 0.6 is 0 Å². The summed E-state index contributed by atoms with van der Waals surface area (Å²) >= 11 is 0. The van der Waals surface area contributed by atoms with Gasteiger partial charge in [0.05, 0.1) is 0 Å². The van der Waals surface area contributed by atoms with Crippen LogP contribution in [-0.4, -0.2) is 36.3 Å². The van der Waals surface area contributed by atoms with Crippen molar-refractivity contribution in [1.82, 2.24) is 4.90 Å². The quantitative estimate of drug-likeness (QED) is 0.402. The summed E-state index contributed by atoms with van der Waals surface area (Å²) in [6, 6.07) is 0. The summed E-state index contributed by atoms with van der Waals surface area (Å²) in [6.45, 7) is 5.31. The van der Waals surface area contributed by atoms with Gasteiger partial charge in [0.2, 0.25) is 0 Å². The summed E-state index contributed by atoms with van der Waals surface area (Å²) in [4.78, 5) is 24.2. The molecule has 86 valence electrons. The molecule has 0 unspecified atom stereocenters. The second-order valence-corrected chi connectivity index (χ2v) is 4.51. The van der Waals surface area contributed by atoms with E-state index < -0.39 is 11.6 Å². The number of allylic oxidation sites excluding steroid dienone is 1. The van der Waals surface area contributed by atoms with E-state index >= 15 is 0 Å². The second kappa shape index (κ2) is 5.53. The Labute approximate surface area is 90.9 Å². The molecule has 0 bridgehead atoms. The first-order valence-electron chi connectivity index (χ1n) is 4.80. The Kier molecular flexibility index (Phi) is 5.05. The minimum atomic E-state index is -0.539. The van der Waals surface area contributed by atoms with Gasteiger partial charge < -0.3 is 9.64 Å². The molecule has 15 heavy (non-hydrogen) atoms. The van der Waals surface area contributed by atoms with E-state index in [9.17, 15) is 9.59 Å². The molecule has 0 aliphatic heterocycles. The zero-order chi connectivity index (χ0) is 12.1. The van der Waals surface area contributed by atoms with Gasteiger partial charge in [-0.3, -0.25) is 9.59 Å². The highest BCUT2D eigenvalue weighted by molar-refractivity contribution is 6.01. The fourth-order valence-corrected chi connectivity index (χ4v) is 0.811. The number of hydrogen-bond acceptors (Lipinski definition) is 4. The topological polar surface area (TPSA) is 46.6 Å². The maximum atomic E-state index is 11.2. The number of rotatable bonds is 4. The van der Waals surface area contributed by atoms with E-state index in [4.69, 9.17) is 4.74 Å². The van der Waals surface area contributed by atoms with Crippen molar-refractivity contribution < 1.29 is 14.3 Å². The van der Waals surface area contributed by atoms with Crippen LogP contribution in [0.3, 0.4) is 0 Å². The van der Waals surface area contributed by atoms with E-state index in [1.54, 1.807) is 46.0 Å². The number of carbonyl (C=O) groups is 2.